The molecule has 2 aromatic carbocycles. The second kappa shape index (κ2) is 32.7. The number of carboxylic acid groups (broad SMARTS) is 1. The molecule has 2 unspecified atom stereocenters. The normalized spacial score (nSPS) is 11.3. The minimum absolute atomic E-state index is 0. The molecule has 0 spiro atoms. The van der Waals surface area contributed by atoms with Crippen LogP contribution in [0.3, 0.4) is 0 Å². The van der Waals surface area contributed by atoms with Gasteiger partial charge in [0.15, 0.2) is 0 Å². The van der Waals surface area contributed by atoms with Crippen LogP contribution in [0.25, 0.3) is 22.5 Å². The molecule has 0 saturated heterocycles. The molecule has 0 fully saturated rings. The summed E-state index contributed by atoms with van der Waals surface area (Å²) in [5, 5.41) is 53.7. The fourth-order valence-electron chi connectivity index (χ4n) is 5.92. The van der Waals surface area contributed by atoms with Crippen molar-refractivity contribution in [2.45, 2.75) is 58.4 Å². The molecule has 1 radical (unpaired) electrons. The van der Waals surface area contributed by atoms with Crippen molar-refractivity contribution in [3.8, 4) is 22.5 Å². The maximum Gasteiger partial charge on any atom is 0.339 e. The van der Waals surface area contributed by atoms with Crippen molar-refractivity contribution in [2.75, 3.05) is 37.1 Å². The monoisotopic (exact) mass is 1150 g/mol. The summed E-state index contributed by atoms with van der Waals surface area (Å²) in [5.41, 5.74) is 10.4. The first-order valence-corrected chi connectivity index (χ1v) is 25.7. The smallest absolute Gasteiger partial charge is 0.339 e. The summed E-state index contributed by atoms with van der Waals surface area (Å²) in [6.07, 6.45) is 9.02. The van der Waals surface area contributed by atoms with Gasteiger partial charge in [-0.25, -0.2) is 17.8 Å². The molecule has 0 aliphatic heterocycles. The molecule has 10 N–H and O–H groups in total. The third kappa shape index (κ3) is 19.8. The molecule has 0 aliphatic carbocycles. The first-order valence-electron chi connectivity index (χ1n) is 22.2. The summed E-state index contributed by atoms with van der Waals surface area (Å²) in [6.45, 7) is 7.63. The molecule has 0 aliphatic rings. The Morgan fingerprint density at radius 3 is 1.51 bits per heavy atom. The Bertz CT molecular complexity index is 2760. The van der Waals surface area contributed by atoms with E-state index in [1.807, 2.05) is 27.7 Å². The zero-order valence-electron chi connectivity index (χ0n) is 40.7. The number of nitrogens with two attached hydrogens (primary N) is 1. The number of nitrogens with zero attached hydrogens (tertiary/aromatic N) is 4. The van der Waals surface area contributed by atoms with Gasteiger partial charge in [0.05, 0.1) is 74.2 Å². The number of amides is 1. The Morgan fingerprint density at radius 2 is 1.17 bits per heavy atom. The number of aliphatic hydroxyl groups excluding tert-OH is 4. The van der Waals surface area contributed by atoms with Gasteiger partial charge in [0, 0.05) is 102 Å². The van der Waals surface area contributed by atoms with Crippen LogP contribution in [0, 0.1) is 11.6 Å². The van der Waals surface area contributed by atoms with E-state index in [4.69, 9.17) is 40.5 Å². The third-order valence-electron chi connectivity index (χ3n) is 9.78. The van der Waals surface area contributed by atoms with Crippen molar-refractivity contribution in [2.24, 2.45) is 5.73 Å². The largest absolute Gasteiger partial charge is 0.478 e. The zero-order chi connectivity index (χ0) is 53.7. The Labute approximate surface area is 455 Å². The van der Waals surface area contributed by atoms with Crippen molar-refractivity contribution in [3.63, 3.8) is 0 Å². The fraction of sp³-hybridized carbons (Fsp3) is 0.277. The van der Waals surface area contributed by atoms with E-state index in [1.165, 1.54) is 68.0 Å². The number of aromatic carboxylic acids is 1. The number of halogens is 5. The summed E-state index contributed by atoms with van der Waals surface area (Å²) in [6, 6.07) is 13.9. The number of rotatable bonds is 17. The molecule has 2 atom stereocenters. The van der Waals surface area contributed by atoms with Crippen LogP contribution < -0.4 is 21.7 Å². The maximum absolute atomic E-state index is 14.4. The van der Waals surface area contributed by atoms with E-state index in [0.717, 1.165) is 11.1 Å². The van der Waals surface area contributed by atoms with Crippen molar-refractivity contribution in [1.82, 2.24) is 25.3 Å². The van der Waals surface area contributed by atoms with Gasteiger partial charge in [-0.1, -0.05) is 57.7 Å². The van der Waals surface area contributed by atoms with Crippen LogP contribution in [0.5, 0.6) is 0 Å². The summed E-state index contributed by atoms with van der Waals surface area (Å²) in [5.74, 6) is -2.27. The zero-order valence-corrected chi connectivity index (χ0v) is 46.1. The minimum Gasteiger partial charge on any atom is -0.478 e. The van der Waals surface area contributed by atoms with E-state index in [0.29, 0.717) is 44.2 Å². The van der Waals surface area contributed by atoms with Crippen LogP contribution in [-0.2, 0) is 37.3 Å². The molecule has 25 heteroatoms. The van der Waals surface area contributed by atoms with Gasteiger partial charge in [-0.2, -0.15) is 0 Å². The first-order chi connectivity index (χ1) is 34.2. The summed E-state index contributed by atoms with van der Waals surface area (Å²) in [4.78, 5) is 40.8. The molecule has 0 bridgehead atoms. The molecule has 0 saturated carbocycles. The number of hydrogen-bond donors (Lipinski definition) is 9. The van der Waals surface area contributed by atoms with Crippen molar-refractivity contribution in [1.29, 1.82) is 1.34 Å². The van der Waals surface area contributed by atoms with Gasteiger partial charge in [-0.3, -0.25) is 24.7 Å². The summed E-state index contributed by atoms with van der Waals surface area (Å²) >= 11 is 12.0. The number of benzene rings is 2. The molecule has 6 rings (SSSR count). The van der Waals surface area contributed by atoms with E-state index < -0.39 is 71.7 Å². The van der Waals surface area contributed by atoms with Crippen LogP contribution >= 0.6 is 39.2 Å². The molecule has 4 aromatic heterocycles. The Kier molecular flexibility index (Phi) is 28.1. The minimum atomic E-state index is -2.17. The van der Waals surface area contributed by atoms with Crippen molar-refractivity contribution in [3.05, 3.63) is 142 Å². The molecule has 72 heavy (non-hydrogen) atoms. The molecular formula is C47H56BCl2F3N8O8P2Y. The Balaban J connectivity index is 0.000000401. The Hall–Kier alpha value is -4.42. The van der Waals surface area contributed by atoms with Crippen LogP contribution in [0.2, 0.25) is 16.9 Å². The number of aromatic nitrogens is 4. The van der Waals surface area contributed by atoms with Gasteiger partial charge in [-0.05, 0) is 85.0 Å². The van der Waals surface area contributed by atoms with Gasteiger partial charge in [-0.15, -0.1) is 0 Å². The SMILES string of the molecule is CC(C)c1cnc(-c2cc(Cl)ccc2F)cc1Nc1ccncc1C(=O)NC(CO)CO.CC(C)c1cnc(-c2cc(Cl)ccc2F)cc1Nc1ccncc1C(=O)O.NC(CO)CO.[2H]B(C)[PH](=O)PF.[Y]. The average molecular weight is 1150 g/mol. The topological polar surface area (TPSA) is 266 Å². The number of carbonyl (C=O) groups excluding carboxylic acids is 1. The van der Waals surface area contributed by atoms with E-state index >= 15 is 0 Å². The van der Waals surface area contributed by atoms with E-state index in [-0.39, 0.29) is 80.0 Å². The number of hydrogen-bond acceptors (Lipinski definition) is 14. The number of carbonyl (C=O) groups is 2. The first kappa shape index (κ1) is 61.9. The van der Waals surface area contributed by atoms with Gasteiger partial charge in [0.2, 0.25) is 6.96 Å². The number of nitrogens with one attached hydrogen (secondary N) is 3. The van der Waals surface area contributed by atoms with Crippen LogP contribution in [-0.4, -0.2) is 104 Å². The van der Waals surface area contributed by atoms with Crippen molar-refractivity contribution < 1.29 is 85.4 Å². The van der Waals surface area contributed by atoms with E-state index in [2.05, 4.69) is 35.9 Å². The number of pyridine rings is 4. The van der Waals surface area contributed by atoms with E-state index in [9.17, 15) is 42.5 Å². The molecule has 383 valence electrons. The average Bonchev–Trinajstić information content (AvgIpc) is 3.37. The Morgan fingerprint density at radius 1 is 0.736 bits per heavy atom. The standard InChI is InChI=1S/C23H24ClFN4O3.C20H17ClFN3O2.C3H9NO2.CH6BFOP2.Y/c1-13(2)17-10-27-21(16-7-14(24)3-4-19(16)25)8-22(17)29-20-5-6-26-9-18(20)23(32)28-15(11-30)12-31;1-11(2)14-10-24-18(13-7-12(21)3-4-16(13)22)8-19(14)25-17-5-6-23-9-15(17)20(26)27;4-3(1-5)2-6;1-2-6(4)5-3;/h3-10,13,15,30-31H,11-12H2,1-2H3,(H,28,32)(H,26,27,29);3-11H,1-2H3,(H,26,27)(H,23,24,25);3,5-6H,1-2,4H2;2,5-6H,1H3;/i;;;2D;. The predicted molar refractivity (Wildman–Crippen MR) is 278 cm³/mol. The number of carboxylic acids is 1. The van der Waals surface area contributed by atoms with Gasteiger partial charge < -0.3 is 51.8 Å². The fourth-order valence-corrected chi connectivity index (χ4v) is 6.70. The summed E-state index contributed by atoms with van der Waals surface area (Å²) < 4.78 is 56.8. The second-order valence-electron chi connectivity index (χ2n) is 15.7. The number of aliphatic hydroxyl groups is 4. The molecule has 16 nitrogen and oxygen atoms in total. The quantitative estimate of drug-likeness (QED) is 0.0305. The molecule has 1 amide bonds. The van der Waals surface area contributed by atoms with E-state index in [1.54, 1.807) is 36.7 Å². The molecule has 4 heterocycles. The van der Waals surface area contributed by atoms with Crippen LogP contribution in [0.4, 0.5) is 35.7 Å². The molecule has 6 aromatic rings. The van der Waals surface area contributed by atoms with Gasteiger partial charge in [0.1, 0.15) is 25.8 Å². The van der Waals surface area contributed by atoms with Gasteiger partial charge in [0.25, 0.3) is 5.91 Å². The van der Waals surface area contributed by atoms with Crippen molar-refractivity contribution >= 4 is 80.7 Å². The van der Waals surface area contributed by atoms with Crippen LogP contribution in [0.15, 0.2) is 97.8 Å². The van der Waals surface area contributed by atoms with Crippen LogP contribution in [0.1, 0.15) is 71.4 Å². The van der Waals surface area contributed by atoms with Gasteiger partial charge >= 0.3 is 5.97 Å². The summed E-state index contributed by atoms with van der Waals surface area (Å²) in [7, 11) is -3.20. The maximum atomic E-state index is 14.4. The molecular weight excluding hydrogens is 1090 g/mol. The third-order valence-corrected chi connectivity index (χ3v) is 12.4. The second-order valence-corrected chi connectivity index (χ2v) is 20.1. The predicted octanol–water partition coefficient (Wildman–Crippen LogP) is 9.11. The number of anilines is 4.